The predicted molar refractivity (Wildman–Crippen MR) is 107 cm³/mol. The van der Waals surface area contributed by atoms with E-state index in [0.717, 1.165) is 23.9 Å². The van der Waals surface area contributed by atoms with Crippen LogP contribution in [0, 0.1) is 5.92 Å². The van der Waals surface area contributed by atoms with Gasteiger partial charge in [0, 0.05) is 37.4 Å². The number of carbonyl (C=O) groups is 2. The summed E-state index contributed by atoms with van der Waals surface area (Å²) in [6.45, 7) is 1.54. The highest BCUT2D eigenvalue weighted by Gasteiger charge is 2.23. The lowest BCUT2D eigenvalue weighted by atomic mass is 10.0. The van der Waals surface area contributed by atoms with Crippen LogP contribution in [-0.4, -0.2) is 69.3 Å². The fourth-order valence-electron chi connectivity index (χ4n) is 3.36. The molecular formula is C21H28N2O6. The first-order chi connectivity index (χ1) is 14.0. The summed E-state index contributed by atoms with van der Waals surface area (Å²) >= 11 is 0. The van der Waals surface area contributed by atoms with Gasteiger partial charge in [-0.2, -0.15) is 0 Å². The highest BCUT2D eigenvalue weighted by atomic mass is 16.7. The molecule has 2 aromatic rings. The number of benzene rings is 1. The fraction of sp³-hybridized carbons (Fsp3) is 0.524. The molecule has 0 unspecified atom stereocenters. The zero-order chi connectivity index (χ0) is 20.8. The van der Waals surface area contributed by atoms with Crippen molar-refractivity contribution < 1.29 is 28.5 Å². The van der Waals surface area contributed by atoms with Gasteiger partial charge in [0.25, 0.3) is 0 Å². The number of esters is 1. The second-order valence-electron chi connectivity index (χ2n) is 7.34. The number of aromatic nitrogens is 1. The van der Waals surface area contributed by atoms with Crippen LogP contribution in [0.25, 0.3) is 10.9 Å². The number of ether oxygens (including phenoxy) is 4. The second kappa shape index (κ2) is 9.76. The van der Waals surface area contributed by atoms with Crippen LogP contribution in [0.15, 0.2) is 24.4 Å². The van der Waals surface area contributed by atoms with Gasteiger partial charge in [-0.25, -0.2) is 4.79 Å². The third-order valence-electron chi connectivity index (χ3n) is 5.06. The molecule has 158 valence electrons. The van der Waals surface area contributed by atoms with Crippen molar-refractivity contribution in [3.8, 4) is 5.75 Å². The van der Waals surface area contributed by atoms with Crippen molar-refractivity contribution >= 4 is 23.0 Å². The number of hydrogen-bond donors (Lipinski definition) is 0. The van der Waals surface area contributed by atoms with Gasteiger partial charge in [-0.15, -0.1) is 0 Å². The molecule has 0 saturated carbocycles. The summed E-state index contributed by atoms with van der Waals surface area (Å²) in [4.78, 5) is 26.8. The zero-order valence-electron chi connectivity index (χ0n) is 17.2. The third-order valence-corrected chi connectivity index (χ3v) is 5.06. The molecular weight excluding hydrogens is 376 g/mol. The van der Waals surface area contributed by atoms with Gasteiger partial charge in [0.15, 0.2) is 0 Å². The Morgan fingerprint density at radius 2 is 1.97 bits per heavy atom. The van der Waals surface area contributed by atoms with E-state index in [1.54, 1.807) is 19.4 Å². The van der Waals surface area contributed by atoms with Crippen LogP contribution in [0.1, 0.15) is 18.4 Å². The Bertz CT molecular complexity index is 854. The minimum absolute atomic E-state index is 0.197. The van der Waals surface area contributed by atoms with E-state index in [1.165, 1.54) is 4.57 Å². The number of carbonyl (C=O) groups excluding carboxylic acids is 2. The van der Waals surface area contributed by atoms with Gasteiger partial charge >= 0.3 is 12.1 Å². The zero-order valence-corrected chi connectivity index (χ0v) is 17.2. The summed E-state index contributed by atoms with van der Waals surface area (Å²) in [5.74, 6) is 0.0957. The molecule has 0 spiro atoms. The van der Waals surface area contributed by atoms with Gasteiger partial charge < -0.3 is 23.8 Å². The van der Waals surface area contributed by atoms with E-state index in [2.05, 4.69) is 4.90 Å². The Morgan fingerprint density at radius 3 is 2.66 bits per heavy atom. The predicted octanol–water partition coefficient (Wildman–Crippen LogP) is 2.67. The van der Waals surface area contributed by atoms with E-state index in [1.807, 2.05) is 26.2 Å². The molecule has 2 heterocycles. The fourth-order valence-corrected chi connectivity index (χ4v) is 3.36. The number of hydrogen-bond acceptors (Lipinski definition) is 7. The number of methoxy groups -OCH3 is 1. The first-order valence-electron chi connectivity index (χ1n) is 9.74. The lowest BCUT2D eigenvalue weighted by molar-refractivity contribution is -0.159. The van der Waals surface area contributed by atoms with Gasteiger partial charge in [-0.3, -0.25) is 9.36 Å². The quantitative estimate of drug-likeness (QED) is 0.518. The molecule has 0 N–H and O–H groups in total. The molecule has 1 aromatic heterocycles. The average molecular weight is 404 g/mol. The molecule has 1 aliphatic heterocycles. The van der Waals surface area contributed by atoms with Gasteiger partial charge in [0.2, 0.25) is 6.79 Å². The molecule has 8 heteroatoms. The van der Waals surface area contributed by atoms with Crippen LogP contribution in [0.3, 0.4) is 0 Å². The molecule has 0 radical (unpaired) electrons. The lowest BCUT2D eigenvalue weighted by Crippen LogP contribution is -2.26. The molecule has 29 heavy (non-hydrogen) atoms. The average Bonchev–Trinajstić information content (AvgIpc) is 3.10. The summed E-state index contributed by atoms with van der Waals surface area (Å²) in [6.07, 6.45) is 3.22. The molecule has 1 saturated heterocycles. The number of likely N-dealkylation sites (N-methyl/N-ethyl adjacent to an activating group) is 1. The smallest absolute Gasteiger partial charge is 0.421 e. The van der Waals surface area contributed by atoms with Crippen molar-refractivity contribution in [3.05, 3.63) is 30.0 Å². The maximum absolute atomic E-state index is 12.6. The monoisotopic (exact) mass is 404 g/mol. The van der Waals surface area contributed by atoms with E-state index in [-0.39, 0.29) is 11.9 Å². The van der Waals surface area contributed by atoms with Crippen molar-refractivity contribution in [2.45, 2.75) is 19.3 Å². The Balaban J connectivity index is 1.69. The summed E-state index contributed by atoms with van der Waals surface area (Å²) in [5.41, 5.74) is 1.73. The highest BCUT2D eigenvalue weighted by molar-refractivity contribution is 5.92. The summed E-state index contributed by atoms with van der Waals surface area (Å²) in [7, 11) is 5.59. The van der Waals surface area contributed by atoms with E-state index >= 15 is 0 Å². The van der Waals surface area contributed by atoms with E-state index < -0.39 is 12.9 Å². The number of rotatable bonds is 7. The summed E-state index contributed by atoms with van der Waals surface area (Å²) in [5, 5.41) is 0.962. The molecule has 0 bridgehead atoms. The topological polar surface area (TPSA) is 79.2 Å². The van der Waals surface area contributed by atoms with Crippen LogP contribution in [0.5, 0.6) is 5.75 Å². The Morgan fingerprint density at radius 1 is 1.21 bits per heavy atom. The van der Waals surface area contributed by atoms with Crippen molar-refractivity contribution in [1.82, 2.24) is 9.47 Å². The third kappa shape index (κ3) is 5.27. The number of nitrogens with zero attached hydrogens (tertiary/aromatic N) is 2. The van der Waals surface area contributed by atoms with Crippen LogP contribution in [0.2, 0.25) is 0 Å². The Kier molecular flexibility index (Phi) is 7.11. The molecule has 3 rings (SSSR count). The van der Waals surface area contributed by atoms with Crippen molar-refractivity contribution in [2.75, 3.05) is 47.8 Å². The van der Waals surface area contributed by atoms with Gasteiger partial charge in [0.05, 0.1) is 18.5 Å². The van der Waals surface area contributed by atoms with Crippen molar-refractivity contribution in [3.63, 3.8) is 0 Å². The van der Waals surface area contributed by atoms with Crippen LogP contribution < -0.4 is 4.74 Å². The second-order valence-corrected chi connectivity index (χ2v) is 7.34. The van der Waals surface area contributed by atoms with Crippen molar-refractivity contribution in [1.29, 1.82) is 0 Å². The Hall–Kier alpha value is -2.58. The largest absolute Gasteiger partial charge is 0.497 e. The van der Waals surface area contributed by atoms with E-state index in [9.17, 15) is 9.59 Å². The molecule has 0 aliphatic carbocycles. The maximum atomic E-state index is 12.6. The van der Waals surface area contributed by atoms with Gasteiger partial charge in [0.1, 0.15) is 5.75 Å². The van der Waals surface area contributed by atoms with Crippen LogP contribution >= 0.6 is 0 Å². The molecule has 1 aromatic carbocycles. The van der Waals surface area contributed by atoms with Crippen LogP contribution in [0.4, 0.5) is 4.79 Å². The number of fused-ring (bicyclic) bond motifs is 1. The maximum Gasteiger partial charge on any atom is 0.421 e. The summed E-state index contributed by atoms with van der Waals surface area (Å²) < 4.78 is 22.3. The molecule has 0 atom stereocenters. The van der Waals surface area contributed by atoms with E-state index in [4.69, 9.17) is 18.9 Å². The first-order valence-corrected chi connectivity index (χ1v) is 9.74. The van der Waals surface area contributed by atoms with Gasteiger partial charge in [-0.1, -0.05) is 0 Å². The first kappa shape index (κ1) is 21.1. The molecule has 1 aliphatic rings. The molecule has 1 fully saturated rings. The Labute approximate surface area is 170 Å². The van der Waals surface area contributed by atoms with E-state index in [0.29, 0.717) is 37.3 Å². The van der Waals surface area contributed by atoms with Crippen LogP contribution in [-0.2, 0) is 25.4 Å². The molecule has 0 amide bonds. The summed E-state index contributed by atoms with van der Waals surface area (Å²) in [6, 6.07) is 5.60. The lowest BCUT2D eigenvalue weighted by Gasteiger charge is -2.20. The standard InChI is InChI=1S/C21H28N2O6/c1-22(2)9-6-16-13-23(19-12-17(26-3)4-5-18(16)19)21(25)29-14-28-20(24)15-7-10-27-11-8-15/h4-5,12-13,15H,6-11,14H2,1-3H3. The normalized spacial score (nSPS) is 14.9. The minimum Gasteiger partial charge on any atom is -0.497 e. The van der Waals surface area contributed by atoms with Gasteiger partial charge in [-0.05, 0) is 51.1 Å². The molecule has 8 nitrogen and oxygen atoms in total. The van der Waals surface area contributed by atoms with Crippen molar-refractivity contribution in [2.24, 2.45) is 5.92 Å². The SMILES string of the molecule is COc1ccc2c(CCN(C)C)cn(C(=O)OCOC(=O)C3CCOCC3)c2c1. The highest BCUT2D eigenvalue weighted by Crippen LogP contribution is 2.26. The minimum atomic E-state index is -0.598.